The summed E-state index contributed by atoms with van der Waals surface area (Å²) in [5.41, 5.74) is 6.95. The molecule has 1 heterocycles. The molecule has 0 fully saturated rings. The second kappa shape index (κ2) is 10.5. The molecule has 29 heavy (non-hydrogen) atoms. The zero-order chi connectivity index (χ0) is 20.5. The van der Waals surface area contributed by atoms with E-state index in [2.05, 4.69) is 84.4 Å². The van der Waals surface area contributed by atoms with Crippen molar-refractivity contribution in [1.29, 1.82) is 0 Å². The highest BCUT2D eigenvalue weighted by Crippen LogP contribution is 2.25. The first-order chi connectivity index (χ1) is 14.2. The second-order valence-corrected chi connectivity index (χ2v) is 7.41. The zero-order valence-corrected chi connectivity index (χ0v) is 17.1. The number of aromatic nitrogens is 1. The molecule has 1 unspecified atom stereocenters. The van der Waals surface area contributed by atoms with Gasteiger partial charge in [0.2, 0.25) is 0 Å². The maximum atomic E-state index is 9.29. The summed E-state index contributed by atoms with van der Waals surface area (Å²) < 4.78 is 0. The minimum atomic E-state index is -0.207. The summed E-state index contributed by atoms with van der Waals surface area (Å²) in [5.74, 6) is 0. The molecule has 0 bridgehead atoms. The van der Waals surface area contributed by atoms with E-state index in [1.807, 2.05) is 19.2 Å². The number of pyridine rings is 1. The number of rotatable bonds is 9. The van der Waals surface area contributed by atoms with Crippen molar-refractivity contribution in [1.82, 2.24) is 4.98 Å². The van der Waals surface area contributed by atoms with Crippen LogP contribution in [0.5, 0.6) is 0 Å². The molecule has 0 saturated carbocycles. The Kier molecular flexibility index (Phi) is 7.54. The van der Waals surface area contributed by atoms with Crippen LogP contribution in [0.1, 0.15) is 37.4 Å². The van der Waals surface area contributed by atoms with E-state index in [0.29, 0.717) is 0 Å². The fraction of sp³-hybridized carbons (Fsp3) is 0.222. The predicted octanol–water partition coefficient (Wildman–Crippen LogP) is 6.71. The number of aliphatic hydroxyl groups excluding tert-OH is 1. The predicted molar refractivity (Wildman–Crippen MR) is 124 cm³/mol. The molecule has 0 aliphatic rings. The van der Waals surface area contributed by atoms with Crippen LogP contribution in [0.15, 0.2) is 85.6 Å². The smallest absolute Gasteiger partial charge is 0.0512 e. The Labute approximate surface area is 174 Å². The summed E-state index contributed by atoms with van der Waals surface area (Å²) in [7, 11) is 0. The third kappa shape index (κ3) is 6.27. The summed E-state index contributed by atoms with van der Waals surface area (Å²) in [4.78, 5) is 4.49. The van der Waals surface area contributed by atoms with Crippen LogP contribution in [0.3, 0.4) is 0 Å². The van der Waals surface area contributed by atoms with Crippen molar-refractivity contribution in [2.24, 2.45) is 0 Å². The van der Waals surface area contributed by atoms with Crippen molar-refractivity contribution < 1.29 is 5.11 Å². The average Bonchev–Trinajstić information content (AvgIpc) is 2.75. The van der Waals surface area contributed by atoms with E-state index in [4.69, 9.17) is 0 Å². The molecule has 0 radical (unpaired) electrons. The van der Waals surface area contributed by atoms with Gasteiger partial charge in [0.05, 0.1) is 6.10 Å². The third-order valence-corrected chi connectivity index (χ3v) is 4.94. The maximum Gasteiger partial charge on any atom is 0.0512 e. The van der Waals surface area contributed by atoms with Crippen molar-refractivity contribution >= 4 is 6.08 Å². The van der Waals surface area contributed by atoms with Crippen LogP contribution in [0.2, 0.25) is 0 Å². The Morgan fingerprint density at radius 1 is 0.897 bits per heavy atom. The first-order valence-corrected chi connectivity index (χ1v) is 10.3. The van der Waals surface area contributed by atoms with Gasteiger partial charge in [0.15, 0.2) is 0 Å². The van der Waals surface area contributed by atoms with E-state index in [-0.39, 0.29) is 6.10 Å². The van der Waals surface area contributed by atoms with E-state index in [1.165, 1.54) is 22.3 Å². The van der Waals surface area contributed by atoms with Crippen LogP contribution in [0.25, 0.3) is 28.3 Å². The molecule has 0 aliphatic carbocycles. The lowest BCUT2D eigenvalue weighted by molar-refractivity contribution is 0.182. The van der Waals surface area contributed by atoms with Gasteiger partial charge in [-0.2, -0.15) is 0 Å². The molecular formula is C27H29NO. The third-order valence-electron chi connectivity index (χ3n) is 4.94. The van der Waals surface area contributed by atoms with Gasteiger partial charge >= 0.3 is 0 Å². The largest absolute Gasteiger partial charge is 0.393 e. The standard InChI is InChI=1S/C27H29NO/c1-3-7-27-19-18-26(20-28-27)25-16-14-24(15-17-25)23-12-10-22(11-13-23)9-6-4-5-8-21(2)29/h3,6,9-21,29H,1,4-5,7-8H2,2H3/b9-6+. The van der Waals surface area contributed by atoms with Crippen LogP contribution in [0, 0.1) is 0 Å². The highest BCUT2D eigenvalue weighted by Gasteiger charge is 2.02. The monoisotopic (exact) mass is 383 g/mol. The summed E-state index contributed by atoms with van der Waals surface area (Å²) in [5, 5.41) is 9.29. The van der Waals surface area contributed by atoms with Gasteiger partial charge in [-0.25, -0.2) is 0 Å². The minimum absolute atomic E-state index is 0.207. The van der Waals surface area contributed by atoms with Gasteiger partial charge in [-0.3, -0.25) is 4.98 Å². The summed E-state index contributed by atoms with van der Waals surface area (Å²) in [6.07, 6.45) is 11.6. The number of benzene rings is 2. The van der Waals surface area contributed by atoms with Gasteiger partial charge < -0.3 is 5.11 Å². The summed E-state index contributed by atoms with van der Waals surface area (Å²) in [6, 6.07) is 21.4. The Balaban J connectivity index is 1.62. The highest BCUT2D eigenvalue weighted by atomic mass is 16.3. The van der Waals surface area contributed by atoms with Gasteiger partial charge in [0, 0.05) is 23.9 Å². The van der Waals surface area contributed by atoms with Crippen LogP contribution in [0.4, 0.5) is 0 Å². The Bertz CT molecular complexity index is 920. The molecule has 3 aromatic rings. The lowest BCUT2D eigenvalue weighted by Gasteiger charge is -2.06. The van der Waals surface area contributed by atoms with Crippen molar-refractivity contribution in [3.8, 4) is 22.3 Å². The molecule has 148 valence electrons. The maximum absolute atomic E-state index is 9.29. The van der Waals surface area contributed by atoms with Crippen molar-refractivity contribution in [2.75, 3.05) is 0 Å². The molecule has 0 aliphatic heterocycles. The molecular weight excluding hydrogens is 354 g/mol. The summed E-state index contributed by atoms with van der Waals surface area (Å²) >= 11 is 0. The molecule has 2 nitrogen and oxygen atoms in total. The number of unbranched alkanes of at least 4 members (excludes halogenated alkanes) is 1. The first-order valence-electron chi connectivity index (χ1n) is 10.3. The molecule has 0 spiro atoms. The van der Waals surface area contributed by atoms with Crippen molar-refractivity contribution in [3.63, 3.8) is 0 Å². The number of hydrogen-bond donors (Lipinski definition) is 1. The Morgan fingerprint density at radius 3 is 2.03 bits per heavy atom. The fourth-order valence-electron chi connectivity index (χ4n) is 3.26. The molecule has 2 aromatic carbocycles. The van der Waals surface area contributed by atoms with Crippen LogP contribution in [-0.4, -0.2) is 16.2 Å². The van der Waals surface area contributed by atoms with E-state index >= 15 is 0 Å². The molecule has 1 N–H and O–H groups in total. The van der Waals surface area contributed by atoms with Crippen LogP contribution in [-0.2, 0) is 6.42 Å². The number of nitrogens with zero attached hydrogens (tertiary/aromatic N) is 1. The molecule has 0 amide bonds. The van der Waals surface area contributed by atoms with E-state index < -0.39 is 0 Å². The van der Waals surface area contributed by atoms with Crippen molar-refractivity contribution in [2.45, 2.75) is 38.7 Å². The van der Waals surface area contributed by atoms with Crippen molar-refractivity contribution in [3.05, 3.63) is 96.8 Å². The number of allylic oxidation sites excluding steroid dienone is 2. The molecule has 1 aromatic heterocycles. The number of aliphatic hydroxyl groups is 1. The summed E-state index contributed by atoms with van der Waals surface area (Å²) in [6.45, 7) is 5.60. The quantitative estimate of drug-likeness (QED) is 0.329. The van der Waals surface area contributed by atoms with Gasteiger partial charge in [-0.05, 0) is 54.5 Å². The second-order valence-electron chi connectivity index (χ2n) is 7.41. The van der Waals surface area contributed by atoms with Gasteiger partial charge in [0.1, 0.15) is 0 Å². The Hall–Kier alpha value is -2.97. The molecule has 2 heteroatoms. The van der Waals surface area contributed by atoms with Gasteiger partial charge in [-0.1, -0.05) is 72.8 Å². The minimum Gasteiger partial charge on any atom is -0.393 e. The topological polar surface area (TPSA) is 33.1 Å². The molecule has 3 rings (SSSR count). The van der Waals surface area contributed by atoms with Gasteiger partial charge in [-0.15, -0.1) is 6.58 Å². The van der Waals surface area contributed by atoms with E-state index in [9.17, 15) is 5.11 Å². The van der Waals surface area contributed by atoms with E-state index in [1.54, 1.807) is 0 Å². The highest BCUT2D eigenvalue weighted by molar-refractivity contribution is 5.71. The van der Waals surface area contributed by atoms with E-state index in [0.717, 1.165) is 36.9 Å². The van der Waals surface area contributed by atoms with Crippen LogP contribution < -0.4 is 0 Å². The number of hydrogen-bond acceptors (Lipinski definition) is 2. The normalized spacial score (nSPS) is 12.2. The molecule has 0 saturated heterocycles. The SMILES string of the molecule is C=CCc1ccc(-c2ccc(-c3ccc(/C=C/CCCC(C)O)cc3)cc2)cn1. The lowest BCUT2D eigenvalue weighted by Crippen LogP contribution is -1.97. The zero-order valence-electron chi connectivity index (χ0n) is 17.1. The first kappa shape index (κ1) is 20.8. The Morgan fingerprint density at radius 2 is 1.48 bits per heavy atom. The average molecular weight is 384 g/mol. The molecule has 1 atom stereocenters. The fourth-order valence-corrected chi connectivity index (χ4v) is 3.26. The van der Waals surface area contributed by atoms with Crippen LogP contribution >= 0.6 is 0 Å². The lowest BCUT2D eigenvalue weighted by atomic mass is 10.00. The van der Waals surface area contributed by atoms with Gasteiger partial charge in [0.25, 0.3) is 0 Å².